The summed E-state index contributed by atoms with van der Waals surface area (Å²) < 4.78 is 6.35. The molecule has 4 nitrogen and oxygen atoms in total. The van der Waals surface area contributed by atoms with Crippen LogP contribution in [0.25, 0.3) is 0 Å². The number of halogens is 1. The lowest BCUT2D eigenvalue weighted by atomic mass is 10.2. The maximum Gasteiger partial charge on any atom is 0.255 e. The van der Waals surface area contributed by atoms with Crippen LogP contribution in [-0.4, -0.2) is 41.6 Å². The van der Waals surface area contributed by atoms with Crippen molar-refractivity contribution >= 4 is 21.8 Å². The van der Waals surface area contributed by atoms with Crippen LogP contribution in [0.15, 0.2) is 22.9 Å². The molecule has 1 aliphatic heterocycles. The number of rotatable bonds is 1. The fourth-order valence-electron chi connectivity index (χ4n) is 1.89. The summed E-state index contributed by atoms with van der Waals surface area (Å²) in [6, 6.07) is 1.80. The highest BCUT2D eigenvalue weighted by atomic mass is 79.9. The van der Waals surface area contributed by atoms with E-state index in [1.54, 1.807) is 18.5 Å². The third-order valence-electron chi connectivity index (χ3n) is 2.69. The van der Waals surface area contributed by atoms with Crippen LogP contribution in [0.5, 0.6) is 0 Å². The van der Waals surface area contributed by atoms with E-state index >= 15 is 0 Å². The first-order valence-corrected chi connectivity index (χ1v) is 6.47. The lowest BCUT2D eigenvalue weighted by Gasteiger charge is -2.22. The molecule has 1 fully saturated rings. The minimum Gasteiger partial charge on any atom is -0.377 e. The summed E-state index contributed by atoms with van der Waals surface area (Å²) >= 11 is 3.32. The normalized spacial score (nSPS) is 21.1. The Hall–Kier alpha value is -0.940. The van der Waals surface area contributed by atoms with Gasteiger partial charge in [-0.05, 0) is 35.3 Å². The Morgan fingerprint density at radius 2 is 2.41 bits per heavy atom. The minimum atomic E-state index is 0.0242. The molecular formula is C12H15BrN2O2. The van der Waals surface area contributed by atoms with Crippen LogP contribution < -0.4 is 0 Å². The molecule has 0 radical (unpaired) electrons. The minimum absolute atomic E-state index is 0.0242. The Balaban J connectivity index is 2.13. The van der Waals surface area contributed by atoms with E-state index in [4.69, 9.17) is 4.74 Å². The van der Waals surface area contributed by atoms with E-state index in [0.717, 1.165) is 24.0 Å². The molecule has 2 heterocycles. The molecule has 0 aromatic carbocycles. The third kappa shape index (κ3) is 3.26. The fraction of sp³-hybridized carbons (Fsp3) is 0.500. The average Bonchev–Trinajstić information content (AvgIpc) is 2.53. The maximum absolute atomic E-state index is 12.3. The topological polar surface area (TPSA) is 42.4 Å². The lowest BCUT2D eigenvalue weighted by Crippen LogP contribution is -2.35. The molecule has 1 aliphatic rings. The summed E-state index contributed by atoms with van der Waals surface area (Å²) in [6.45, 7) is 4.10. The number of hydrogen-bond donors (Lipinski definition) is 0. The zero-order valence-corrected chi connectivity index (χ0v) is 11.3. The van der Waals surface area contributed by atoms with Crippen LogP contribution in [0.3, 0.4) is 0 Å². The molecule has 2 rings (SSSR count). The van der Waals surface area contributed by atoms with Crippen molar-refractivity contribution in [2.75, 3.05) is 19.7 Å². The third-order valence-corrected chi connectivity index (χ3v) is 3.12. The van der Waals surface area contributed by atoms with Crippen molar-refractivity contribution in [1.29, 1.82) is 0 Å². The molecule has 0 aliphatic carbocycles. The van der Waals surface area contributed by atoms with Gasteiger partial charge in [-0.1, -0.05) is 0 Å². The molecular weight excluding hydrogens is 284 g/mol. The second-order valence-electron chi connectivity index (χ2n) is 4.18. The van der Waals surface area contributed by atoms with Gasteiger partial charge < -0.3 is 9.64 Å². The molecule has 0 saturated carbocycles. The summed E-state index contributed by atoms with van der Waals surface area (Å²) in [5.41, 5.74) is 0.619. The van der Waals surface area contributed by atoms with Gasteiger partial charge in [0.2, 0.25) is 0 Å². The van der Waals surface area contributed by atoms with Crippen molar-refractivity contribution in [1.82, 2.24) is 9.88 Å². The van der Waals surface area contributed by atoms with Gasteiger partial charge >= 0.3 is 0 Å². The van der Waals surface area contributed by atoms with Crippen LogP contribution in [0.4, 0.5) is 0 Å². The van der Waals surface area contributed by atoms with Crippen molar-refractivity contribution in [3.8, 4) is 0 Å². The number of amides is 1. The van der Waals surface area contributed by atoms with Gasteiger partial charge in [0, 0.05) is 36.6 Å². The SMILES string of the molecule is CC1CN(C(=O)c2cncc(Br)c2)CCCO1. The highest BCUT2D eigenvalue weighted by molar-refractivity contribution is 9.10. The van der Waals surface area contributed by atoms with E-state index in [1.165, 1.54) is 0 Å². The van der Waals surface area contributed by atoms with E-state index in [2.05, 4.69) is 20.9 Å². The quantitative estimate of drug-likeness (QED) is 0.797. The van der Waals surface area contributed by atoms with E-state index in [9.17, 15) is 4.79 Å². The van der Waals surface area contributed by atoms with Crippen molar-refractivity contribution in [2.45, 2.75) is 19.4 Å². The molecule has 0 bridgehead atoms. The average molecular weight is 299 g/mol. The molecule has 1 atom stereocenters. The molecule has 1 aromatic rings. The number of carbonyl (C=O) groups is 1. The zero-order valence-electron chi connectivity index (χ0n) is 9.73. The Morgan fingerprint density at radius 3 is 3.18 bits per heavy atom. The largest absolute Gasteiger partial charge is 0.377 e. The van der Waals surface area contributed by atoms with Gasteiger partial charge in [0.25, 0.3) is 5.91 Å². The lowest BCUT2D eigenvalue weighted by molar-refractivity contribution is 0.0562. The molecule has 0 spiro atoms. The number of aromatic nitrogens is 1. The van der Waals surface area contributed by atoms with Gasteiger partial charge in [-0.2, -0.15) is 0 Å². The van der Waals surface area contributed by atoms with Crippen LogP contribution in [0.2, 0.25) is 0 Å². The number of pyridine rings is 1. The Kier molecular flexibility index (Phi) is 4.12. The first kappa shape index (κ1) is 12.5. The van der Waals surface area contributed by atoms with E-state index in [1.807, 2.05) is 11.8 Å². The van der Waals surface area contributed by atoms with Crippen LogP contribution >= 0.6 is 15.9 Å². The number of hydrogen-bond acceptors (Lipinski definition) is 3. The van der Waals surface area contributed by atoms with E-state index in [-0.39, 0.29) is 12.0 Å². The van der Waals surface area contributed by atoms with Crippen molar-refractivity contribution in [3.63, 3.8) is 0 Å². The fourth-order valence-corrected chi connectivity index (χ4v) is 2.25. The Bertz CT molecular complexity index is 411. The predicted molar refractivity (Wildman–Crippen MR) is 67.9 cm³/mol. The summed E-state index contributed by atoms with van der Waals surface area (Å²) in [5.74, 6) is 0.0242. The highest BCUT2D eigenvalue weighted by Crippen LogP contribution is 2.14. The van der Waals surface area contributed by atoms with Gasteiger partial charge in [0.05, 0.1) is 11.7 Å². The summed E-state index contributed by atoms with van der Waals surface area (Å²) in [7, 11) is 0. The van der Waals surface area contributed by atoms with Gasteiger partial charge in [-0.3, -0.25) is 9.78 Å². The molecule has 17 heavy (non-hydrogen) atoms. The number of ether oxygens (including phenoxy) is 1. The first-order valence-electron chi connectivity index (χ1n) is 5.68. The predicted octanol–water partition coefficient (Wildman–Crippen LogP) is 2.10. The van der Waals surface area contributed by atoms with Crippen molar-refractivity contribution in [3.05, 3.63) is 28.5 Å². The maximum atomic E-state index is 12.3. The van der Waals surface area contributed by atoms with Gasteiger partial charge in [-0.25, -0.2) is 0 Å². The van der Waals surface area contributed by atoms with Crippen LogP contribution in [0.1, 0.15) is 23.7 Å². The monoisotopic (exact) mass is 298 g/mol. The van der Waals surface area contributed by atoms with Gasteiger partial charge in [-0.15, -0.1) is 0 Å². The highest BCUT2D eigenvalue weighted by Gasteiger charge is 2.21. The van der Waals surface area contributed by atoms with Crippen molar-refractivity contribution in [2.24, 2.45) is 0 Å². The Labute approximate surface area is 109 Å². The van der Waals surface area contributed by atoms with Crippen molar-refractivity contribution < 1.29 is 9.53 Å². The summed E-state index contributed by atoms with van der Waals surface area (Å²) in [5, 5.41) is 0. The number of carbonyl (C=O) groups excluding carboxylic acids is 1. The van der Waals surface area contributed by atoms with Gasteiger partial charge in [0.15, 0.2) is 0 Å². The molecule has 92 valence electrons. The van der Waals surface area contributed by atoms with Crippen LogP contribution in [-0.2, 0) is 4.74 Å². The standard InChI is InChI=1S/C12H15BrN2O2/c1-9-8-15(3-2-4-17-9)12(16)10-5-11(13)7-14-6-10/h5-7,9H,2-4,8H2,1H3. The molecule has 5 heteroatoms. The summed E-state index contributed by atoms with van der Waals surface area (Å²) in [4.78, 5) is 18.1. The molecule has 1 amide bonds. The summed E-state index contributed by atoms with van der Waals surface area (Å²) in [6.07, 6.45) is 4.26. The molecule has 0 N–H and O–H groups in total. The number of nitrogens with zero attached hydrogens (tertiary/aromatic N) is 2. The Morgan fingerprint density at radius 1 is 1.59 bits per heavy atom. The zero-order chi connectivity index (χ0) is 12.3. The van der Waals surface area contributed by atoms with E-state index in [0.29, 0.717) is 12.1 Å². The first-order chi connectivity index (χ1) is 8.16. The molecule has 1 saturated heterocycles. The molecule has 1 unspecified atom stereocenters. The molecule has 1 aromatic heterocycles. The smallest absolute Gasteiger partial charge is 0.255 e. The van der Waals surface area contributed by atoms with Gasteiger partial charge in [0.1, 0.15) is 0 Å². The second-order valence-corrected chi connectivity index (χ2v) is 5.09. The second kappa shape index (κ2) is 5.60. The van der Waals surface area contributed by atoms with E-state index < -0.39 is 0 Å². The van der Waals surface area contributed by atoms with Crippen LogP contribution in [0, 0.1) is 0 Å².